The van der Waals surface area contributed by atoms with Gasteiger partial charge in [0.05, 0.1) is 41.1 Å². The van der Waals surface area contributed by atoms with Gasteiger partial charge >= 0.3 is 0 Å². The van der Waals surface area contributed by atoms with Crippen molar-refractivity contribution in [1.82, 2.24) is 5.16 Å². The van der Waals surface area contributed by atoms with E-state index in [0.29, 0.717) is 54.1 Å². The van der Waals surface area contributed by atoms with Gasteiger partial charge in [0.25, 0.3) is 10.0 Å². The van der Waals surface area contributed by atoms with Crippen molar-refractivity contribution in [2.24, 2.45) is 0 Å². The van der Waals surface area contributed by atoms with Crippen LogP contribution in [0, 0.1) is 0 Å². The number of aromatic nitrogens is 1. The average molecular weight is 416 g/mol. The van der Waals surface area contributed by atoms with E-state index in [4.69, 9.17) is 18.7 Å². The molecule has 0 saturated heterocycles. The SMILES string of the molecule is CCOc1ccc(OCC)c(NS(=O)(=O)c2ccc3c(c2)-c2oncc2CO3)c1. The monoisotopic (exact) mass is 416 g/mol. The molecule has 152 valence electrons. The van der Waals surface area contributed by atoms with Gasteiger partial charge in [-0.3, -0.25) is 4.72 Å². The fourth-order valence-electron chi connectivity index (χ4n) is 3.05. The Hall–Kier alpha value is -3.20. The molecule has 0 unspecified atom stereocenters. The van der Waals surface area contributed by atoms with Crippen molar-refractivity contribution < 1.29 is 27.2 Å². The summed E-state index contributed by atoms with van der Waals surface area (Å²) in [6.45, 7) is 4.87. The lowest BCUT2D eigenvalue weighted by molar-refractivity contribution is 0.297. The molecule has 0 atom stereocenters. The molecular formula is C20H20N2O6S. The maximum atomic E-state index is 13.1. The molecule has 8 nitrogen and oxygen atoms in total. The molecule has 0 amide bonds. The van der Waals surface area contributed by atoms with Crippen molar-refractivity contribution in [2.45, 2.75) is 25.3 Å². The van der Waals surface area contributed by atoms with Crippen LogP contribution >= 0.6 is 0 Å². The van der Waals surface area contributed by atoms with Crippen LogP contribution in [0.4, 0.5) is 5.69 Å². The van der Waals surface area contributed by atoms with Crippen LogP contribution in [-0.4, -0.2) is 26.8 Å². The highest BCUT2D eigenvalue weighted by Crippen LogP contribution is 2.39. The second-order valence-electron chi connectivity index (χ2n) is 6.26. The number of fused-ring (bicyclic) bond motifs is 3. The number of nitrogens with zero attached hydrogens (tertiary/aromatic N) is 1. The van der Waals surface area contributed by atoms with Gasteiger partial charge in [0, 0.05) is 6.07 Å². The third-order valence-electron chi connectivity index (χ3n) is 4.34. The largest absolute Gasteiger partial charge is 0.494 e. The topological polar surface area (TPSA) is 99.9 Å². The molecule has 4 rings (SSSR count). The molecule has 0 radical (unpaired) electrons. The van der Waals surface area contributed by atoms with E-state index < -0.39 is 10.0 Å². The van der Waals surface area contributed by atoms with Gasteiger partial charge in [0.2, 0.25) is 0 Å². The lowest BCUT2D eigenvalue weighted by atomic mass is 10.1. The van der Waals surface area contributed by atoms with Gasteiger partial charge in [-0.25, -0.2) is 8.42 Å². The zero-order chi connectivity index (χ0) is 20.4. The summed E-state index contributed by atoms with van der Waals surface area (Å²) in [6.07, 6.45) is 1.56. The van der Waals surface area contributed by atoms with Crippen LogP contribution in [0.25, 0.3) is 11.3 Å². The smallest absolute Gasteiger partial charge is 0.262 e. The Morgan fingerprint density at radius 1 is 1.10 bits per heavy atom. The van der Waals surface area contributed by atoms with Crippen LogP contribution in [0.1, 0.15) is 19.4 Å². The quantitative estimate of drug-likeness (QED) is 0.625. The van der Waals surface area contributed by atoms with Crippen molar-refractivity contribution in [3.8, 4) is 28.6 Å². The summed E-state index contributed by atoms with van der Waals surface area (Å²) < 4.78 is 50.7. The summed E-state index contributed by atoms with van der Waals surface area (Å²) in [6, 6.07) is 9.60. The highest BCUT2D eigenvalue weighted by atomic mass is 32.2. The molecule has 1 aliphatic heterocycles. The number of anilines is 1. The molecule has 1 N–H and O–H groups in total. The van der Waals surface area contributed by atoms with E-state index in [1.54, 1.807) is 30.5 Å². The predicted octanol–water partition coefficient (Wildman–Crippen LogP) is 3.83. The summed E-state index contributed by atoms with van der Waals surface area (Å²) in [4.78, 5) is 0.0633. The van der Waals surface area contributed by atoms with Crippen LogP contribution in [0.15, 0.2) is 52.0 Å². The molecule has 0 aliphatic carbocycles. The lowest BCUT2D eigenvalue weighted by Gasteiger charge is -2.18. The minimum atomic E-state index is -3.91. The van der Waals surface area contributed by atoms with Crippen LogP contribution in [0.3, 0.4) is 0 Å². The second kappa shape index (κ2) is 7.67. The molecule has 0 spiro atoms. The zero-order valence-electron chi connectivity index (χ0n) is 16.0. The second-order valence-corrected chi connectivity index (χ2v) is 7.94. The summed E-state index contributed by atoms with van der Waals surface area (Å²) in [5.74, 6) is 2.01. The van der Waals surface area contributed by atoms with Gasteiger partial charge in [-0.2, -0.15) is 0 Å². The Morgan fingerprint density at radius 3 is 2.72 bits per heavy atom. The van der Waals surface area contributed by atoms with Crippen molar-refractivity contribution >= 4 is 15.7 Å². The van der Waals surface area contributed by atoms with Gasteiger partial charge in [-0.05, 0) is 44.2 Å². The maximum absolute atomic E-state index is 13.1. The number of hydrogen-bond donors (Lipinski definition) is 1. The van der Waals surface area contributed by atoms with Crippen molar-refractivity contribution in [3.63, 3.8) is 0 Å². The molecule has 0 bridgehead atoms. The minimum absolute atomic E-state index is 0.0633. The first-order valence-electron chi connectivity index (χ1n) is 9.15. The first-order chi connectivity index (χ1) is 14.0. The molecule has 2 heterocycles. The van der Waals surface area contributed by atoms with E-state index in [2.05, 4.69) is 9.88 Å². The van der Waals surface area contributed by atoms with E-state index >= 15 is 0 Å². The Bertz CT molecular complexity index is 1140. The highest BCUT2D eigenvalue weighted by molar-refractivity contribution is 7.92. The molecule has 0 saturated carbocycles. The summed E-state index contributed by atoms with van der Waals surface area (Å²) >= 11 is 0. The van der Waals surface area contributed by atoms with Gasteiger partial charge in [-0.1, -0.05) is 5.16 Å². The number of nitrogens with one attached hydrogen (secondary N) is 1. The normalized spacial score (nSPS) is 12.5. The Kier molecular flexibility index (Phi) is 5.06. The number of hydrogen-bond acceptors (Lipinski definition) is 7. The van der Waals surface area contributed by atoms with E-state index in [9.17, 15) is 8.42 Å². The standard InChI is InChI=1S/C20H20N2O6S/c1-3-25-14-5-7-19(26-4-2)17(9-14)22-29(23,24)15-6-8-18-16(10-15)20-13(12-27-18)11-21-28-20/h5-11,22H,3-4,12H2,1-2H3. The van der Waals surface area contributed by atoms with Crippen LogP contribution in [-0.2, 0) is 16.6 Å². The van der Waals surface area contributed by atoms with Crippen LogP contribution in [0.2, 0.25) is 0 Å². The van der Waals surface area contributed by atoms with E-state index in [1.807, 2.05) is 13.8 Å². The van der Waals surface area contributed by atoms with Crippen LogP contribution in [0.5, 0.6) is 17.2 Å². The first kappa shape index (κ1) is 19.1. The predicted molar refractivity (Wildman–Crippen MR) is 106 cm³/mol. The van der Waals surface area contributed by atoms with E-state index in [-0.39, 0.29) is 4.90 Å². The summed E-state index contributed by atoms with van der Waals surface area (Å²) in [5, 5.41) is 3.77. The highest BCUT2D eigenvalue weighted by Gasteiger charge is 2.25. The lowest BCUT2D eigenvalue weighted by Crippen LogP contribution is -2.15. The fourth-order valence-corrected chi connectivity index (χ4v) is 4.14. The van der Waals surface area contributed by atoms with Gasteiger partial charge in [-0.15, -0.1) is 0 Å². The Balaban J connectivity index is 1.70. The molecule has 1 aliphatic rings. The molecule has 3 aromatic rings. The van der Waals surface area contributed by atoms with Gasteiger partial charge in [0.1, 0.15) is 23.9 Å². The van der Waals surface area contributed by atoms with E-state index in [1.165, 1.54) is 12.1 Å². The molecule has 2 aromatic carbocycles. The maximum Gasteiger partial charge on any atom is 0.262 e. The molecule has 29 heavy (non-hydrogen) atoms. The van der Waals surface area contributed by atoms with Crippen LogP contribution < -0.4 is 18.9 Å². The third kappa shape index (κ3) is 3.73. The van der Waals surface area contributed by atoms with E-state index in [0.717, 1.165) is 5.56 Å². The third-order valence-corrected chi connectivity index (χ3v) is 5.70. The Morgan fingerprint density at radius 2 is 1.93 bits per heavy atom. The van der Waals surface area contributed by atoms with Crippen molar-refractivity contribution in [1.29, 1.82) is 0 Å². The zero-order valence-corrected chi connectivity index (χ0v) is 16.8. The number of rotatable bonds is 7. The minimum Gasteiger partial charge on any atom is -0.494 e. The molecule has 9 heteroatoms. The van der Waals surface area contributed by atoms with Gasteiger partial charge in [0.15, 0.2) is 5.76 Å². The number of ether oxygens (including phenoxy) is 3. The summed E-state index contributed by atoms with van der Waals surface area (Å²) in [7, 11) is -3.91. The Labute approximate surface area is 168 Å². The van der Waals surface area contributed by atoms with Gasteiger partial charge < -0.3 is 18.7 Å². The molecular weight excluding hydrogens is 396 g/mol. The first-order valence-corrected chi connectivity index (χ1v) is 10.6. The fraction of sp³-hybridized carbons (Fsp3) is 0.250. The average Bonchev–Trinajstić information content (AvgIpc) is 3.19. The van der Waals surface area contributed by atoms with Crippen molar-refractivity contribution in [3.05, 3.63) is 48.2 Å². The molecule has 1 aromatic heterocycles. The number of benzene rings is 2. The summed E-state index contributed by atoms with van der Waals surface area (Å²) in [5.41, 5.74) is 1.61. The molecule has 0 fully saturated rings. The number of sulfonamides is 1. The van der Waals surface area contributed by atoms with Crippen molar-refractivity contribution in [2.75, 3.05) is 17.9 Å².